The van der Waals surface area contributed by atoms with Gasteiger partial charge in [0.2, 0.25) is 0 Å². The maximum Gasteiger partial charge on any atom is 0.162 e. The van der Waals surface area contributed by atoms with Crippen molar-refractivity contribution in [3.05, 3.63) is 59.7 Å². The molecular formula is C15H15O2. The Kier molecular flexibility index (Phi) is 3.66. The second-order valence-electron chi connectivity index (χ2n) is 3.82. The van der Waals surface area contributed by atoms with Crippen LogP contribution in [0.5, 0.6) is 11.5 Å². The van der Waals surface area contributed by atoms with Gasteiger partial charge in [-0.3, -0.25) is 0 Å². The van der Waals surface area contributed by atoms with Gasteiger partial charge in [-0.15, -0.1) is 0 Å². The van der Waals surface area contributed by atoms with Gasteiger partial charge in [0, 0.05) is 0 Å². The summed E-state index contributed by atoms with van der Waals surface area (Å²) in [6.45, 7) is 2.51. The fourth-order valence-electron chi connectivity index (χ4n) is 1.57. The van der Waals surface area contributed by atoms with E-state index in [0.29, 0.717) is 6.61 Å². The molecule has 1 radical (unpaired) electrons. The van der Waals surface area contributed by atoms with Crippen LogP contribution in [0, 0.1) is 13.0 Å². The molecule has 87 valence electrons. The van der Waals surface area contributed by atoms with Gasteiger partial charge in [-0.2, -0.15) is 0 Å². The summed E-state index contributed by atoms with van der Waals surface area (Å²) in [5.41, 5.74) is 2.17. The summed E-state index contributed by atoms with van der Waals surface area (Å²) >= 11 is 0. The zero-order chi connectivity index (χ0) is 12.1. The summed E-state index contributed by atoms with van der Waals surface area (Å²) in [7, 11) is 1.64. The second kappa shape index (κ2) is 5.39. The van der Waals surface area contributed by atoms with E-state index in [0.717, 1.165) is 22.6 Å². The van der Waals surface area contributed by atoms with Crippen molar-refractivity contribution in [1.29, 1.82) is 0 Å². The number of aryl methyl sites for hydroxylation is 1. The van der Waals surface area contributed by atoms with E-state index in [4.69, 9.17) is 9.47 Å². The molecule has 0 unspecified atom stereocenters. The summed E-state index contributed by atoms with van der Waals surface area (Å²) in [6.07, 6.45) is 0. The first-order chi connectivity index (χ1) is 8.29. The van der Waals surface area contributed by atoms with Gasteiger partial charge in [-0.25, -0.2) is 0 Å². The molecule has 2 aromatic rings. The molecule has 0 atom stereocenters. The van der Waals surface area contributed by atoms with Crippen molar-refractivity contribution in [2.45, 2.75) is 13.5 Å². The Hall–Kier alpha value is -1.96. The van der Waals surface area contributed by atoms with E-state index >= 15 is 0 Å². The number of methoxy groups -OCH3 is 1. The zero-order valence-electron chi connectivity index (χ0n) is 10.1. The monoisotopic (exact) mass is 227 g/mol. The largest absolute Gasteiger partial charge is 0.493 e. The highest BCUT2D eigenvalue weighted by Crippen LogP contribution is 2.28. The summed E-state index contributed by atoms with van der Waals surface area (Å²) in [6, 6.07) is 16.9. The maximum absolute atomic E-state index is 5.71. The van der Waals surface area contributed by atoms with Crippen LogP contribution in [-0.2, 0) is 6.61 Å². The van der Waals surface area contributed by atoms with E-state index in [1.54, 1.807) is 7.11 Å². The normalized spacial score (nSPS) is 10.0. The average molecular weight is 227 g/mol. The molecular weight excluding hydrogens is 212 g/mol. The molecule has 0 aliphatic carbocycles. The Balaban J connectivity index is 2.09. The SMILES string of the molecule is COc1cc(C)[c]cc1OCc1ccccc1. The Labute approximate surface area is 102 Å². The molecule has 2 aromatic carbocycles. The minimum atomic E-state index is 0.536. The van der Waals surface area contributed by atoms with E-state index in [1.807, 2.05) is 49.4 Å². The smallest absolute Gasteiger partial charge is 0.162 e. The lowest BCUT2D eigenvalue weighted by Crippen LogP contribution is -1.97. The molecule has 0 aromatic heterocycles. The predicted octanol–water partition coefficient (Wildman–Crippen LogP) is 3.38. The zero-order valence-corrected chi connectivity index (χ0v) is 10.1. The molecule has 2 heteroatoms. The minimum absolute atomic E-state index is 0.536. The fraction of sp³-hybridized carbons (Fsp3) is 0.200. The molecule has 0 spiro atoms. The van der Waals surface area contributed by atoms with Gasteiger partial charge in [-0.1, -0.05) is 30.3 Å². The third-order valence-corrected chi connectivity index (χ3v) is 2.48. The van der Waals surface area contributed by atoms with E-state index in [1.165, 1.54) is 0 Å². The maximum atomic E-state index is 5.71. The lowest BCUT2D eigenvalue weighted by Gasteiger charge is -2.11. The molecule has 0 N–H and O–H groups in total. The molecule has 0 heterocycles. The van der Waals surface area contributed by atoms with Crippen LogP contribution >= 0.6 is 0 Å². The molecule has 2 rings (SSSR count). The number of benzene rings is 2. The minimum Gasteiger partial charge on any atom is -0.493 e. The van der Waals surface area contributed by atoms with Gasteiger partial charge >= 0.3 is 0 Å². The topological polar surface area (TPSA) is 18.5 Å². The highest BCUT2D eigenvalue weighted by molar-refractivity contribution is 5.42. The average Bonchev–Trinajstić information content (AvgIpc) is 2.38. The van der Waals surface area contributed by atoms with Crippen molar-refractivity contribution in [2.75, 3.05) is 7.11 Å². The van der Waals surface area contributed by atoms with Crippen LogP contribution in [0.1, 0.15) is 11.1 Å². The Morgan fingerprint density at radius 3 is 2.59 bits per heavy atom. The highest BCUT2D eigenvalue weighted by atomic mass is 16.5. The third-order valence-electron chi connectivity index (χ3n) is 2.48. The number of rotatable bonds is 4. The Bertz CT molecular complexity index is 478. The van der Waals surface area contributed by atoms with Crippen LogP contribution in [0.4, 0.5) is 0 Å². The van der Waals surface area contributed by atoms with Crippen LogP contribution in [0.3, 0.4) is 0 Å². The number of hydrogen-bond donors (Lipinski definition) is 0. The van der Waals surface area contributed by atoms with Gasteiger partial charge in [0.1, 0.15) is 6.61 Å². The number of ether oxygens (including phenoxy) is 2. The van der Waals surface area contributed by atoms with Crippen molar-refractivity contribution >= 4 is 0 Å². The van der Waals surface area contributed by atoms with Gasteiger partial charge in [0.25, 0.3) is 0 Å². The van der Waals surface area contributed by atoms with E-state index in [9.17, 15) is 0 Å². The quantitative estimate of drug-likeness (QED) is 0.797. The van der Waals surface area contributed by atoms with E-state index in [2.05, 4.69) is 6.07 Å². The van der Waals surface area contributed by atoms with E-state index in [-0.39, 0.29) is 0 Å². The lowest BCUT2D eigenvalue weighted by molar-refractivity contribution is 0.284. The Morgan fingerprint density at radius 2 is 1.88 bits per heavy atom. The molecule has 0 saturated heterocycles. The first kappa shape index (κ1) is 11.5. The molecule has 0 amide bonds. The summed E-state index contributed by atoms with van der Waals surface area (Å²) < 4.78 is 11.0. The summed E-state index contributed by atoms with van der Waals surface area (Å²) in [5.74, 6) is 1.47. The number of hydrogen-bond acceptors (Lipinski definition) is 2. The van der Waals surface area contributed by atoms with Gasteiger partial charge in [-0.05, 0) is 36.2 Å². The van der Waals surface area contributed by atoms with Crippen molar-refractivity contribution < 1.29 is 9.47 Å². The van der Waals surface area contributed by atoms with Crippen LogP contribution < -0.4 is 9.47 Å². The second-order valence-corrected chi connectivity index (χ2v) is 3.82. The van der Waals surface area contributed by atoms with Gasteiger partial charge in [0.15, 0.2) is 11.5 Å². The molecule has 17 heavy (non-hydrogen) atoms. The summed E-state index contributed by atoms with van der Waals surface area (Å²) in [5, 5.41) is 0. The molecule has 2 nitrogen and oxygen atoms in total. The van der Waals surface area contributed by atoms with Crippen LogP contribution in [-0.4, -0.2) is 7.11 Å². The van der Waals surface area contributed by atoms with Crippen molar-refractivity contribution in [3.8, 4) is 11.5 Å². The van der Waals surface area contributed by atoms with Crippen LogP contribution in [0.15, 0.2) is 42.5 Å². The fourth-order valence-corrected chi connectivity index (χ4v) is 1.57. The van der Waals surface area contributed by atoms with Crippen LogP contribution in [0.2, 0.25) is 0 Å². The van der Waals surface area contributed by atoms with Crippen molar-refractivity contribution in [3.63, 3.8) is 0 Å². The first-order valence-corrected chi connectivity index (χ1v) is 5.52. The molecule has 0 saturated carbocycles. The van der Waals surface area contributed by atoms with Crippen molar-refractivity contribution in [1.82, 2.24) is 0 Å². The molecule has 0 fully saturated rings. The predicted molar refractivity (Wildman–Crippen MR) is 67.3 cm³/mol. The molecule has 0 aliphatic rings. The van der Waals surface area contributed by atoms with Gasteiger partial charge < -0.3 is 9.47 Å². The van der Waals surface area contributed by atoms with Crippen LogP contribution in [0.25, 0.3) is 0 Å². The van der Waals surface area contributed by atoms with Gasteiger partial charge in [0.05, 0.1) is 7.11 Å². The Morgan fingerprint density at radius 1 is 1.12 bits per heavy atom. The van der Waals surface area contributed by atoms with Crippen molar-refractivity contribution in [2.24, 2.45) is 0 Å². The first-order valence-electron chi connectivity index (χ1n) is 5.52. The summed E-state index contributed by atoms with van der Waals surface area (Å²) in [4.78, 5) is 0. The lowest BCUT2D eigenvalue weighted by atomic mass is 10.2. The third kappa shape index (κ3) is 3.00. The standard InChI is InChI=1S/C15H15O2/c1-12-8-9-14(15(10-12)16-2)17-11-13-6-4-3-5-7-13/h3-7,9-10H,11H2,1-2H3. The molecule has 0 bridgehead atoms. The highest BCUT2D eigenvalue weighted by Gasteiger charge is 2.04. The van der Waals surface area contributed by atoms with E-state index < -0.39 is 0 Å². The molecule has 0 aliphatic heterocycles.